The first-order valence-corrected chi connectivity index (χ1v) is 3.91. The monoisotopic (exact) mass is 197 g/mol. The third kappa shape index (κ3) is 1.94. The maximum Gasteiger partial charge on any atom is 0.325 e. The van der Waals surface area contributed by atoms with Gasteiger partial charge in [0.15, 0.2) is 0 Å². The van der Waals surface area contributed by atoms with Gasteiger partial charge >= 0.3 is 5.97 Å². The van der Waals surface area contributed by atoms with E-state index in [0.717, 1.165) is 0 Å². The summed E-state index contributed by atoms with van der Waals surface area (Å²) in [5, 5.41) is 18.0. The van der Waals surface area contributed by atoms with Crippen LogP contribution < -0.4 is 10.5 Å². The highest BCUT2D eigenvalue weighted by molar-refractivity contribution is 5.76. The van der Waals surface area contributed by atoms with E-state index in [1.807, 2.05) is 0 Å². The lowest BCUT2D eigenvalue weighted by molar-refractivity contribution is -0.138. The number of phenolic OH excluding ortho intramolecular Hbond substituents is 1. The third-order valence-corrected chi connectivity index (χ3v) is 1.84. The second kappa shape index (κ2) is 3.97. The molecule has 0 saturated carbocycles. The number of aliphatic carboxylic acids is 1. The number of hydrogen-bond acceptors (Lipinski definition) is 4. The second-order valence-corrected chi connectivity index (χ2v) is 2.74. The molecule has 0 aliphatic rings. The van der Waals surface area contributed by atoms with Crippen LogP contribution in [0.15, 0.2) is 18.2 Å². The van der Waals surface area contributed by atoms with E-state index in [1.165, 1.54) is 25.3 Å². The third-order valence-electron chi connectivity index (χ3n) is 1.84. The summed E-state index contributed by atoms with van der Waals surface area (Å²) in [5.74, 6) is -0.899. The van der Waals surface area contributed by atoms with Gasteiger partial charge in [-0.2, -0.15) is 0 Å². The van der Waals surface area contributed by atoms with Crippen LogP contribution in [0, 0.1) is 0 Å². The summed E-state index contributed by atoms with van der Waals surface area (Å²) < 4.78 is 4.88. The lowest BCUT2D eigenvalue weighted by Gasteiger charge is -2.10. The number of phenols is 1. The quantitative estimate of drug-likeness (QED) is 0.655. The Morgan fingerprint density at radius 3 is 2.71 bits per heavy atom. The number of carbonyl (C=O) groups is 1. The zero-order valence-electron chi connectivity index (χ0n) is 7.60. The van der Waals surface area contributed by atoms with Crippen molar-refractivity contribution >= 4 is 5.97 Å². The molecule has 0 saturated heterocycles. The first-order valence-electron chi connectivity index (χ1n) is 3.91. The van der Waals surface area contributed by atoms with Gasteiger partial charge in [0, 0.05) is 5.56 Å². The Labute approximate surface area is 80.7 Å². The van der Waals surface area contributed by atoms with Gasteiger partial charge in [-0.1, -0.05) is 0 Å². The molecule has 4 N–H and O–H groups in total. The Kier molecular flexibility index (Phi) is 2.93. The molecule has 0 unspecified atom stereocenters. The molecule has 1 rings (SSSR count). The first-order chi connectivity index (χ1) is 6.56. The fourth-order valence-electron chi connectivity index (χ4n) is 1.04. The van der Waals surface area contributed by atoms with E-state index in [4.69, 9.17) is 15.6 Å². The van der Waals surface area contributed by atoms with Crippen LogP contribution in [0.25, 0.3) is 0 Å². The Hall–Kier alpha value is -1.75. The number of rotatable bonds is 3. The van der Waals surface area contributed by atoms with E-state index in [1.54, 1.807) is 0 Å². The van der Waals surface area contributed by atoms with Crippen molar-refractivity contribution in [2.45, 2.75) is 6.04 Å². The Bertz CT molecular complexity index is 351. The summed E-state index contributed by atoms with van der Waals surface area (Å²) in [4.78, 5) is 10.6. The van der Waals surface area contributed by atoms with Gasteiger partial charge in [-0.25, -0.2) is 0 Å². The normalized spacial score (nSPS) is 12.1. The average molecular weight is 197 g/mol. The van der Waals surface area contributed by atoms with Gasteiger partial charge in [0.05, 0.1) is 7.11 Å². The molecule has 1 aromatic rings. The molecule has 5 heteroatoms. The zero-order chi connectivity index (χ0) is 10.7. The topological polar surface area (TPSA) is 92.8 Å². The van der Waals surface area contributed by atoms with Crippen molar-refractivity contribution < 1.29 is 19.7 Å². The molecule has 76 valence electrons. The van der Waals surface area contributed by atoms with Crippen LogP contribution in [0.4, 0.5) is 0 Å². The van der Waals surface area contributed by atoms with Gasteiger partial charge in [-0.05, 0) is 18.2 Å². The Morgan fingerprint density at radius 1 is 1.57 bits per heavy atom. The van der Waals surface area contributed by atoms with Crippen LogP contribution in [0.3, 0.4) is 0 Å². The average Bonchev–Trinajstić information content (AvgIpc) is 2.17. The Balaban J connectivity index is 3.11. The van der Waals surface area contributed by atoms with Crippen molar-refractivity contribution in [3.63, 3.8) is 0 Å². The first kappa shape index (κ1) is 10.3. The van der Waals surface area contributed by atoms with Crippen molar-refractivity contribution in [2.24, 2.45) is 5.73 Å². The van der Waals surface area contributed by atoms with Crippen LogP contribution in [0.5, 0.6) is 11.5 Å². The number of carboxylic acids is 1. The fourth-order valence-corrected chi connectivity index (χ4v) is 1.04. The van der Waals surface area contributed by atoms with Crippen LogP contribution >= 0.6 is 0 Å². The molecule has 0 aromatic heterocycles. The lowest BCUT2D eigenvalue weighted by Crippen LogP contribution is -2.20. The van der Waals surface area contributed by atoms with Crippen LogP contribution in [-0.4, -0.2) is 23.3 Å². The summed E-state index contributed by atoms with van der Waals surface area (Å²) in [7, 11) is 1.45. The van der Waals surface area contributed by atoms with Crippen molar-refractivity contribution in [1.29, 1.82) is 0 Å². The second-order valence-electron chi connectivity index (χ2n) is 2.74. The highest BCUT2D eigenvalue weighted by atomic mass is 16.5. The molecule has 0 amide bonds. The molecule has 5 nitrogen and oxygen atoms in total. The van der Waals surface area contributed by atoms with Gasteiger partial charge in [0.1, 0.15) is 17.5 Å². The molecule has 1 atom stereocenters. The Morgan fingerprint density at radius 2 is 2.21 bits per heavy atom. The van der Waals surface area contributed by atoms with Crippen molar-refractivity contribution in [1.82, 2.24) is 0 Å². The standard InChI is InChI=1S/C9H11NO4/c1-14-5-2-3-7(11)6(4-5)8(10)9(12)13/h2-4,8,11H,10H2,1H3,(H,12,13)/t8-/m1/s1. The molecule has 0 radical (unpaired) electrons. The maximum absolute atomic E-state index is 10.6. The smallest absolute Gasteiger partial charge is 0.325 e. The number of aromatic hydroxyl groups is 1. The van der Waals surface area contributed by atoms with Gasteiger partial charge in [0.25, 0.3) is 0 Å². The van der Waals surface area contributed by atoms with Crippen LogP contribution in [-0.2, 0) is 4.79 Å². The van der Waals surface area contributed by atoms with E-state index >= 15 is 0 Å². The van der Waals surface area contributed by atoms with E-state index in [2.05, 4.69) is 0 Å². The van der Waals surface area contributed by atoms with Crippen molar-refractivity contribution in [3.05, 3.63) is 23.8 Å². The predicted molar refractivity (Wildman–Crippen MR) is 49.2 cm³/mol. The summed E-state index contributed by atoms with van der Waals surface area (Å²) in [6.07, 6.45) is 0. The molecule has 0 heterocycles. The molecular weight excluding hydrogens is 186 g/mol. The highest BCUT2D eigenvalue weighted by Crippen LogP contribution is 2.27. The summed E-state index contributed by atoms with van der Waals surface area (Å²) in [6, 6.07) is 3.02. The van der Waals surface area contributed by atoms with Gasteiger partial charge in [-0.15, -0.1) is 0 Å². The van der Waals surface area contributed by atoms with E-state index in [0.29, 0.717) is 5.75 Å². The molecule has 0 fully saturated rings. The molecular formula is C9H11NO4. The lowest BCUT2D eigenvalue weighted by atomic mass is 10.1. The summed E-state index contributed by atoms with van der Waals surface area (Å²) >= 11 is 0. The van der Waals surface area contributed by atoms with Crippen molar-refractivity contribution in [2.75, 3.05) is 7.11 Å². The summed E-state index contributed by atoms with van der Waals surface area (Å²) in [6.45, 7) is 0. The predicted octanol–water partition coefficient (Wildman–Crippen LogP) is 0.485. The van der Waals surface area contributed by atoms with Crippen LogP contribution in [0.2, 0.25) is 0 Å². The fraction of sp³-hybridized carbons (Fsp3) is 0.222. The number of carboxylic acid groups (broad SMARTS) is 1. The van der Waals surface area contributed by atoms with Gasteiger partial charge in [-0.3, -0.25) is 4.79 Å². The van der Waals surface area contributed by atoms with E-state index < -0.39 is 12.0 Å². The SMILES string of the molecule is COc1ccc(O)c([C@@H](N)C(=O)O)c1. The molecule has 14 heavy (non-hydrogen) atoms. The molecule has 0 aliphatic carbocycles. The number of nitrogens with two attached hydrogens (primary N) is 1. The highest BCUT2D eigenvalue weighted by Gasteiger charge is 2.18. The van der Waals surface area contributed by atoms with Gasteiger partial charge in [0.2, 0.25) is 0 Å². The minimum atomic E-state index is -1.25. The van der Waals surface area contributed by atoms with E-state index in [-0.39, 0.29) is 11.3 Å². The number of benzene rings is 1. The van der Waals surface area contributed by atoms with E-state index in [9.17, 15) is 9.90 Å². The molecule has 0 aliphatic heterocycles. The zero-order valence-corrected chi connectivity index (χ0v) is 7.60. The number of ether oxygens (including phenoxy) is 1. The minimum Gasteiger partial charge on any atom is -0.508 e. The largest absolute Gasteiger partial charge is 0.508 e. The van der Waals surface area contributed by atoms with Crippen LogP contribution in [0.1, 0.15) is 11.6 Å². The van der Waals surface area contributed by atoms with Crippen molar-refractivity contribution in [3.8, 4) is 11.5 Å². The number of methoxy groups -OCH3 is 1. The minimum absolute atomic E-state index is 0.136. The molecule has 0 spiro atoms. The maximum atomic E-state index is 10.6. The summed E-state index contributed by atoms with van der Waals surface area (Å²) in [5.41, 5.74) is 5.48. The molecule has 0 bridgehead atoms. The molecule has 1 aromatic carbocycles. The number of hydrogen-bond donors (Lipinski definition) is 3. The van der Waals surface area contributed by atoms with Gasteiger partial charge < -0.3 is 20.7 Å².